The van der Waals surface area contributed by atoms with E-state index in [9.17, 15) is 26.7 Å². The summed E-state index contributed by atoms with van der Waals surface area (Å²) in [6, 6.07) is 13.0. The lowest BCUT2D eigenvalue weighted by Crippen LogP contribution is -2.48. The highest BCUT2D eigenvalue weighted by atomic mass is 32.2. The van der Waals surface area contributed by atoms with Crippen LogP contribution in [0.5, 0.6) is 5.75 Å². The van der Waals surface area contributed by atoms with Gasteiger partial charge in [-0.15, -0.1) is 11.8 Å². The zero-order valence-corrected chi connectivity index (χ0v) is 26.0. The van der Waals surface area contributed by atoms with E-state index in [4.69, 9.17) is 4.74 Å². The maximum Gasteiger partial charge on any atom is 0.416 e. The third kappa shape index (κ3) is 6.00. The van der Waals surface area contributed by atoms with Crippen LogP contribution in [0.2, 0.25) is 0 Å². The number of methoxy groups -OCH3 is 1. The molecule has 242 valence electrons. The lowest BCUT2D eigenvalue weighted by atomic mass is 9.94. The van der Waals surface area contributed by atoms with Crippen LogP contribution in [-0.4, -0.2) is 55.1 Å². The van der Waals surface area contributed by atoms with Crippen molar-refractivity contribution in [1.82, 2.24) is 9.47 Å². The van der Waals surface area contributed by atoms with Gasteiger partial charge in [0.15, 0.2) is 11.6 Å². The molecule has 2 aliphatic heterocycles. The normalized spacial score (nSPS) is 17.0. The van der Waals surface area contributed by atoms with Gasteiger partial charge in [0.1, 0.15) is 11.6 Å². The number of nitrogens with zero attached hydrogens (tertiary/aromatic N) is 3. The maximum atomic E-state index is 15.6. The van der Waals surface area contributed by atoms with Gasteiger partial charge in [0.05, 0.1) is 29.3 Å². The summed E-state index contributed by atoms with van der Waals surface area (Å²) in [6.45, 7) is 4.57. The van der Waals surface area contributed by atoms with Crippen LogP contribution in [0, 0.1) is 24.4 Å². The summed E-state index contributed by atoms with van der Waals surface area (Å²) < 4.78 is 91.1. The van der Waals surface area contributed by atoms with Crippen molar-refractivity contribution in [2.75, 3.05) is 50.5 Å². The van der Waals surface area contributed by atoms with Gasteiger partial charge in [-0.2, -0.15) is 13.2 Å². The van der Waals surface area contributed by atoms with E-state index in [0.29, 0.717) is 60.3 Å². The fraction of sp³-hybridized carbons (Fsp3) is 0.324. The van der Waals surface area contributed by atoms with Crippen molar-refractivity contribution in [1.29, 1.82) is 0 Å². The fourth-order valence-electron chi connectivity index (χ4n) is 6.31. The van der Waals surface area contributed by atoms with Gasteiger partial charge < -0.3 is 9.64 Å². The predicted octanol–water partition coefficient (Wildman–Crippen LogP) is 7.33. The second kappa shape index (κ2) is 12.7. The van der Waals surface area contributed by atoms with Crippen molar-refractivity contribution in [3.63, 3.8) is 0 Å². The Labute approximate surface area is 266 Å². The van der Waals surface area contributed by atoms with Gasteiger partial charge in [0.25, 0.3) is 5.56 Å². The lowest BCUT2D eigenvalue weighted by molar-refractivity contribution is -0.137. The average Bonchev–Trinajstić information content (AvgIpc) is 3.45. The number of fused-ring (bicyclic) bond motifs is 1. The number of thioether (sulfide) groups is 1. The van der Waals surface area contributed by atoms with Gasteiger partial charge in [-0.25, -0.2) is 13.2 Å². The highest BCUT2D eigenvalue weighted by Gasteiger charge is 2.34. The zero-order valence-electron chi connectivity index (χ0n) is 25.1. The van der Waals surface area contributed by atoms with E-state index in [1.807, 2.05) is 4.90 Å². The summed E-state index contributed by atoms with van der Waals surface area (Å²) in [7, 11) is 1.33. The molecule has 0 spiro atoms. The van der Waals surface area contributed by atoms with Crippen LogP contribution in [0.3, 0.4) is 0 Å². The third-order valence-electron chi connectivity index (χ3n) is 8.78. The first kappa shape index (κ1) is 32.1. The van der Waals surface area contributed by atoms with E-state index in [2.05, 4.69) is 4.90 Å². The highest BCUT2D eigenvalue weighted by Crippen LogP contribution is 2.41. The molecule has 1 aromatic heterocycles. The van der Waals surface area contributed by atoms with Crippen molar-refractivity contribution in [2.24, 2.45) is 0 Å². The quantitative estimate of drug-likeness (QED) is 0.194. The summed E-state index contributed by atoms with van der Waals surface area (Å²) >= 11 is 1.44. The van der Waals surface area contributed by atoms with Gasteiger partial charge in [-0.3, -0.25) is 14.3 Å². The number of ether oxygens (including phenoxy) is 1. The van der Waals surface area contributed by atoms with Gasteiger partial charge in [0, 0.05) is 61.7 Å². The lowest BCUT2D eigenvalue weighted by Gasteiger charge is -2.37. The minimum absolute atomic E-state index is 0.0275. The Bertz CT molecular complexity index is 1800. The monoisotopic (exact) mass is 659 g/mol. The molecule has 5 nitrogen and oxygen atoms in total. The summed E-state index contributed by atoms with van der Waals surface area (Å²) in [6.07, 6.45) is -4.52. The molecular formula is C34H31F6N3O2S. The molecular weight excluding hydrogens is 628 g/mol. The Hall–Kier alpha value is -3.90. The largest absolute Gasteiger partial charge is 0.494 e. The first-order chi connectivity index (χ1) is 22.0. The first-order valence-electron chi connectivity index (χ1n) is 14.8. The third-order valence-corrected chi connectivity index (χ3v) is 10.1. The molecule has 0 bridgehead atoms. The number of alkyl halides is 3. The summed E-state index contributed by atoms with van der Waals surface area (Å²) in [5.41, 5.74) is 0.655. The second-order valence-corrected chi connectivity index (χ2v) is 12.5. The number of piperazine rings is 1. The first-order valence-corrected chi connectivity index (χ1v) is 15.8. The maximum absolute atomic E-state index is 15.6. The van der Waals surface area contributed by atoms with Gasteiger partial charge in [-0.05, 0) is 60.5 Å². The number of aromatic nitrogens is 1. The van der Waals surface area contributed by atoms with E-state index < -0.39 is 34.8 Å². The highest BCUT2D eigenvalue weighted by molar-refractivity contribution is 7.99. The van der Waals surface area contributed by atoms with Crippen LogP contribution in [0.1, 0.15) is 28.3 Å². The second-order valence-electron chi connectivity index (χ2n) is 11.5. The van der Waals surface area contributed by atoms with Gasteiger partial charge >= 0.3 is 6.18 Å². The number of hydrogen-bond donors (Lipinski definition) is 0. The van der Waals surface area contributed by atoms with E-state index >= 15 is 4.39 Å². The smallest absolute Gasteiger partial charge is 0.416 e. The SMILES string of the molecule is COc1cccc(-c2c(C)c(Cc3c(F)cccc3F)c3n(c2=O)C(CN2CCN(c4ccc(C(F)(F)F)cc4)CC2)CS3)c1F. The Morgan fingerprint density at radius 1 is 0.891 bits per heavy atom. The van der Waals surface area contributed by atoms with Crippen LogP contribution in [0.25, 0.3) is 11.1 Å². The van der Waals surface area contributed by atoms with Crippen molar-refractivity contribution in [3.8, 4) is 16.9 Å². The molecule has 1 fully saturated rings. The number of hydrogen-bond acceptors (Lipinski definition) is 5. The van der Waals surface area contributed by atoms with Crippen molar-refractivity contribution in [2.45, 2.75) is 30.6 Å². The van der Waals surface area contributed by atoms with Crippen molar-refractivity contribution < 1.29 is 31.1 Å². The van der Waals surface area contributed by atoms with E-state index in [-0.39, 0.29) is 34.9 Å². The molecule has 0 saturated carbocycles. The predicted molar refractivity (Wildman–Crippen MR) is 166 cm³/mol. The Kier molecular flexibility index (Phi) is 8.86. The topological polar surface area (TPSA) is 37.7 Å². The van der Waals surface area contributed by atoms with Crippen molar-refractivity contribution in [3.05, 3.63) is 111 Å². The molecule has 4 aromatic rings. The molecule has 12 heteroatoms. The van der Waals surface area contributed by atoms with Crippen LogP contribution >= 0.6 is 11.8 Å². The number of halogens is 6. The summed E-state index contributed by atoms with van der Waals surface area (Å²) in [4.78, 5) is 18.5. The standard InChI is InChI=1S/C34H31F6N3O2S/c1-20-25(17-26-27(35)6-4-7-28(26)36)33-43(32(44)30(20)24-5-3-8-29(45-2)31(24)37)23(19-46-33)18-41-13-15-42(16-14-41)22-11-9-21(10-12-22)34(38,39)40/h3-12,23H,13-19H2,1-2H3. The molecule has 2 aliphatic rings. The Balaban J connectivity index is 1.32. The number of benzene rings is 3. The zero-order chi connectivity index (χ0) is 32.7. The van der Waals surface area contributed by atoms with E-state index in [1.165, 1.54) is 61.3 Å². The molecule has 0 amide bonds. The van der Waals surface area contributed by atoms with Gasteiger partial charge in [0.2, 0.25) is 0 Å². The molecule has 1 unspecified atom stereocenters. The van der Waals surface area contributed by atoms with Crippen LogP contribution in [-0.2, 0) is 12.6 Å². The summed E-state index contributed by atoms with van der Waals surface area (Å²) in [5, 5.41) is 0.602. The van der Waals surface area contributed by atoms with Gasteiger partial charge in [-0.1, -0.05) is 18.2 Å². The Morgan fingerprint density at radius 2 is 1.54 bits per heavy atom. The number of anilines is 1. The van der Waals surface area contributed by atoms with Crippen LogP contribution < -0.4 is 15.2 Å². The molecule has 46 heavy (non-hydrogen) atoms. The molecule has 1 saturated heterocycles. The molecule has 1 atom stereocenters. The molecule has 3 aromatic carbocycles. The Morgan fingerprint density at radius 3 is 2.17 bits per heavy atom. The summed E-state index contributed by atoms with van der Waals surface area (Å²) in [5.74, 6) is -1.60. The minimum Gasteiger partial charge on any atom is -0.494 e. The number of rotatable bonds is 7. The minimum atomic E-state index is -4.40. The fourth-order valence-corrected chi connectivity index (χ4v) is 7.69. The van der Waals surface area contributed by atoms with E-state index in [1.54, 1.807) is 17.6 Å². The molecule has 0 N–H and O–H groups in total. The molecule has 6 rings (SSSR count). The molecule has 0 aliphatic carbocycles. The van der Waals surface area contributed by atoms with Crippen LogP contribution in [0.15, 0.2) is 70.5 Å². The van der Waals surface area contributed by atoms with Crippen molar-refractivity contribution >= 4 is 17.4 Å². The average molecular weight is 660 g/mol. The number of pyridine rings is 1. The molecule has 0 radical (unpaired) electrons. The van der Waals surface area contributed by atoms with Crippen LogP contribution in [0.4, 0.5) is 32.0 Å². The molecule has 3 heterocycles. The van der Waals surface area contributed by atoms with E-state index in [0.717, 1.165) is 12.1 Å².